The lowest BCUT2D eigenvalue weighted by molar-refractivity contribution is 0.0525. The smallest absolute Gasteiger partial charge is 0.340 e. The second kappa shape index (κ2) is 8.48. The molecule has 3 heterocycles. The van der Waals surface area contributed by atoms with Crippen LogP contribution in [-0.2, 0) is 4.74 Å². The van der Waals surface area contributed by atoms with Gasteiger partial charge in [0, 0.05) is 23.1 Å². The van der Waals surface area contributed by atoms with Gasteiger partial charge in [0.25, 0.3) is 0 Å². The maximum absolute atomic E-state index is 13.1. The molecule has 1 N–H and O–H groups in total. The number of aromatic amines is 1. The van der Waals surface area contributed by atoms with Crippen molar-refractivity contribution in [3.8, 4) is 11.9 Å². The molecular weight excluding hydrogens is 396 g/mol. The van der Waals surface area contributed by atoms with Crippen molar-refractivity contribution in [2.45, 2.75) is 41.5 Å². The van der Waals surface area contributed by atoms with Gasteiger partial charge in [-0.15, -0.1) is 0 Å². The Morgan fingerprint density at radius 2 is 1.97 bits per heavy atom. The van der Waals surface area contributed by atoms with Gasteiger partial charge in [-0.1, -0.05) is 5.16 Å². The number of ether oxygens (including phenoxy) is 1. The van der Waals surface area contributed by atoms with Crippen LogP contribution in [0.3, 0.4) is 0 Å². The minimum atomic E-state index is -0.498. The monoisotopic (exact) mass is 420 g/mol. The molecule has 0 saturated carbocycles. The Balaban J connectivity index is 2.02. The van der Waals surface area contributed by atoms with Gasteiger partial charge in [0.2, 0.25) is 5.78 Å². The SMILES string of the molecule is CCOC(=O)c1c(C)[nH]c(C(=O)/C(C#N)=C/c2cc(C)n(-c3cc(C)on3)c2C)c1C. The van der Waals surface area contributed by atoms with Crippen LogP contribution in [0.1, 0.15) is 61.7 Å². The van der Waals surface area contributed by atoms with E-state index in [1.54, 1.807) is 26.8 Å². The molecule has 3 aromatic rings. The van der Waals surface area contributed by atoms with Crippen molar-refractivity contribution in [2.75, 3.05) is 6.61 Å². The van der Waals surface area contributed by atoms with Crippen molar-refractivity contribution in [2.24, 2.45) is 0 Å². The Bertz CT molecular complexity index is 1250. The quantitative estimate of drug-likeness (QED) is 0.275. The summed E-state index contributed by atoms with van der Waals surface area (Å²) in [6.07, 6.45) is 1.55. The van der Waals surface area contributed by atoms with Crippen molar-refractivity contribution in [1.82, 2.24) is 14.7 Å². The van der Waals surface area contributed by atoms with E-state index in [1.165, 1.54) is 0 Å². The van der Waals surface area contributed by atoms with Crippen LogP contribution in [0, 0.1) is 45.9 Å². The number of nitrogens with zero attached hydrogens (tertiary/aromatic N) is 3. The Kier molecular flexibility index (Phi) is 5.97. The van der Waals surface area contributed by atoms with E-state index in [-0.39, 0.29) is 17.9 Å². The molecule has 31 heavy (non-hydrogen) atoms. The average molecular weight is 420 g/mol. The first-order chi connectivity index (χ1) is 14.7. The summed E-state index contributed by atoms with van der Waals surface area (Å²) in [6, 6.07) is 5.68. The zero-order valence-corrected chi connectivity index (χ0v) is 18.4. The first-order valence-corrected chi connectivity index (χ1v) is 9.84. The maximum atomic E-state index is 13.1. The maximum Gasteiger partial charge on any atom is 0.340 e. The van der Waals surface area contributed by atoms with Crippen LogP contribution >= 0.6 is 0 Å². The topological polar surface area (TPSA) is 114 Å². The molecule has 3 rings (SSSR count). The summed E-state index contributed by atoms with van der Waals surface area (Å²) in [5, 5.41) is 13.7. The molecule has 0 aliphatic heterocycles. The van der Waals surface area contributed by atoms with Gasteiger partial charge in [-0.05, 0) is 64.8 Å². The molecule has 0 bridgehead atoms. The fourth-order valence-corrected chi connectivity index (χ4v) is 3.67. The highest BCUT2D eigenvalue weighted by molar-refractivity contribution is 6.15. The molecule has 3 aromatic heterocycles. The van der Waals surface area contributed by atoms with E-state index in [4.69, 9.17) is 9.26 Å². The number of Topliss-reactive ketones (excluding diaryl/α,β-unsaturated/α-hetero) is 1. The number of ketones is 1. The van der Waals surface area contributed by atoms with Gasteiger partial charge in [-0.3, -0.25) is 9.36 Å². The number of hydrogen-bond donors (Lipinski definition) is 1. The molecule has 0 saturated heterocycles. The molecule has 8 heteroatoms. The number of allylic oxidation sites excluding steroid dienone is 1. The number of rotatable bonds is 6. The van der Waals surface area contributed by atoms with Gasteiger partial charge in [0.15, 0.2) is 5.82 Å². The number of aromatic nitrogens is 3. The van der Waals surface area contributed by atoms with Gasteiger partial charge in [0.1, 0.15) is 17.4 Å². The third-order valence-electron chi connectivity index (χ3n) is 5.12. The molecule has 0 spiro atoms. The molecule has 0 aliphatic carbocycles. The molecule has 0 unspecified atom stereocenters. The lowest BCUT2D eigenvalue weighted by Crippen LogP contribution is -2.08. The lowest BCUT2D eigenvalue weighted by atomic mass is 10.0. The Labute approximate surface area is 180 Å². The number of carbonyl (C=O) groups excluding carboxylic acids is 2. The zero-order chi connectivity index (χ0) is 22.9. The Hall–Kier alpha value is -3.86. The molecule has 0 amide bonds. The summed E-state index contributed by atoms with van der Waals surface area (Å²) in [5.74, 6) is 0.330. The second-order valence-electron chi connectivity index (χ2n) is 7.30. The van der Waals surface area contributed by atoms with Gasteiger partial charge < -0.3 is 14.2 Å². The van der Waals surface area contributed by atoms with E-state index in [1.807, 2.05) is 43.5 Å². The van der Waals surface area contributed by atoms with Crippen LogP contribution in [0.2, 0.25) is 0 Å². The van der Waals surface area contributed by atoms with Crippen molar-refractivity contribution in [3.05, 3.63) is 62.9 Å². The van der Waals surface area contributed by atoms with E-state index in [0.29, 0.717) is 28.4 Å². The highest BCUT2D eigenvalue weighted by atomic mass is 16.5. The second-order valence-corrected chi connectivity index (χ2v) is 7.30. The molecular formula is C23H24N4O4. The average Bonchev–Trinajstić information content (AvgIpc) is 3.35. The van der Waals surface area contributed by atoms with Crippen molar-refractivity contribution >= 4 is 17.8 Å². The van der Waals surface area contributed by atoms with Crippen LogP contribution in [-0.4, -0.2) is 33.1 Å². The first kappa shape index (κ1) is 21.8. The molecule has 160 valence electrons. The molecule has 0 aromatic carbocycles. The summed E-state index contributed by atoms with van der Waals surface area (Å²) in [4.78, 5) is 28.3. The summed E-state index contributed by atoms with van der Waals surface area (Å²) in [7, 11) is 0. The lowest BCUT2D eigenvalue weighted by Gasteiger charge is -2.04. The predicted molar refractivity (Wildman–Crippen MR) is 114 cm³/mol. The summed E-state index contributed by atoms with van der Waals surface area (Å²) in [6.45, 7) is 10.9. The zero-order valence-electron chi connectivity index (χ0n) is 18.4. The van der Waals surface area contributed by atoms with Gasteiger partial charge in [-0.25, -0.2) is 4.79 Å². The van der Waals surface area contributed by atoms with E-state index >= 15 is 0 Å². The number of aryl methyl sites for hydroxylation is 3. The summed E-state index contributed by atoms with van der Waals surface area (Å²) in [5.41, 5.74) is 3.89. The highest BCUT2D eigenvalue weighted by Crippen LogP contribution is 2.25. The number of nitriles is 1. The van der Waals surface area contributed by atoms with Crippen LogP contribution in [0.4, 0.5) is 0 Å². The van der Waals surface area contributed by atoms with Crippen molar-refractivity contribution in [1.29, 1.82) is 5.26 Å². The van der Waals surface area contributed by atoms with Gasteiger partial charge >= 0.3 is 5.97 Å². The third-order valence-corrected chi connectivity index (χ3v) is 5.12. The van der Waals surface area contributed by atoms with Crippen LogP contribution in [0.5, 0.6) is 0 Å². The van der Waals surface area contributed by atoms with Crippen LogP contribution in [0.15, 0.2) is 22.2 Å². The van der Waals surface area contributed by atoms with E-state index in [0.717, 1.165) is 17.0 Å². The van der Waals surface area contributed by atoms with Gasteiger partial charge in [0.05, 0.1) is 17.9 Å². The number of H-pyrrole nitrogens is 1. The Morgan fingerprint density at radius 3 is 2.55 bits per heavy atom. The van der Waals surface area contributed by atoms with E-state index in [2.05, 4.69) is 10.1 Å². The third kappa shape index (κ3) is 3.94. The normalized spacial score (nSPS) is 11.5. The fraction of sp³-hybridized carbons (Fsp3) is 0.304. The van der Waals surface area contributed by atoms with Crippen molar-refractivity contribution in [3.63, 3.8) is 0 Å². The highest BCUT2D eigenvalue weighted by Gasteiger charge is 2.25. The first-order valence-electron chi connectivity index (χ1n) is 9.84. The largest absolute Gasteiger partial charge is 0.462 e. The number of esters is 1. The molecule has 0 atom stereocenters. The molecule has 0 radical (unpaired) electrons. The molecule has 8 nitrogen and oxygen atoms in total. The van der Waals surface area contributed by atoms with Crippen LogP contribution < -0.4 is 0 Å². The minimum Gasteiger partial charge on any atom is -0.462 e. The van der Waals surface area contributed by atoms with Gasteiger partial charge in [-0.2, -0.15) is 5.26 Å². The van der Waals surface area contributed by atoms with E-state index in [9.17, 15) is 14.9 Å². The van der Waals surface area contributed by atoms with Crippen LogP contribution in [0.25, 0.3) is 11.9 Å². The minimum absolute atomic E-state index is 0.0451. The standard InChI is InChI=1S/C23H24N4O4/c1-7-30-23(29)20-14(4)21(25-15(20)5)22(28)18(11-24)10-17-8-12(2)27(16(17)6)19-9-13(3)31-26-19/h8-10,25H,7H2,1-6H3/b18-10+. The number of carbonyl (C=O) groups is 2. The summed E-state index contributed by atoms with van der Waals surface area (Å²) < 4.78 is 12.1. The molecule has 0 fully saturated rings. The number of hydrogen-bond acceptors (Lipinski definition) is 6. The van der Waals surface area contributed by atoms with E-state index < -0.39 is 11.8 Å². The molecule has 0 aliphatic rings. The predicted octanol–water partition coefficient (Wildman–Crippen LogP) is 4.30. The summed E-state index contributed by atoms with van der Waals surface area (Å²) >= 11 is 0. The van der Waals surface area contributed by atoms with Crippen molar-refractivity contribution < 1.29 is 18.8 Å². The number of nitrogens with one attached hydrogen (secondary N) is 1. The Morgan fingerprint density at radius 1 is 1.26 bits per heavy atom. The fourth-order valence-electron chi connectivity index (χ4n) is 3.67.